The molecule has 7 heteroatoms. The van der Waals surface area contributed by atoms with E-state index in [0.717, 1.165) is 18.4 Å². The number of benzene rings is 1. The number of hydrogen-bond donors (Lipinski definition) is 2. The van der Waals surface area contributed by atoms with E-state index >= 15 is 0 Å². The third kappa shape index (κ3) is 3.72. The summed E-state index contributed by atoms with van der Waals surface area (Å²) in [5.74, 6) is 0.220. The Bertz CT molecular complexity index is 904. The predicted octanol–water partition coefficient (Wildman–Crippen LogP) is 2.91. The van der Waals surface area contributed by atoms with Crippen LogP contribution in [0.4, 0.5) is 10.2 Å². The maximum Gasteiger partial charge on any atom is 0.253 e. The lowest BCUT2D eigenvalue weighted by Gasteiger charge is -2.09. The van der Waals surface area contributed by atoms with Crippen LogP contribution < -0.4 is 10.6 Å². The Morgan fingerprint density at radius 1 is 1.27 bits per heavy atom. The van der Waals surface area contributed by atoms with E-state index in [1.54, 1.807) is 47.7 Å². The lowest BCUT2D eigenvalue weighted by atomic mass is 10.2. The van der Waals surface area contributed by atoms with Crippen LogP contribution in [0.1, 0.15) is 28.8 Å². The number of anilines is 1. The number of imidazole rings is 1. The summed E-state index contributed by atoms with van der Waals surface area (Å²) in [7, 11) is 0. The Balaban J connectivity index is 1.37. The summed E-state index contributed by atoms with van der Waals surface area (Å²) >= 11 is 0. The SMILES string of the molecule is O=C(NC1CC1)c1ccc(NCc2ccc(-n3ccnc3)c(F)c2)nc1. The van der Waals surface area contributed by atoms with Crippen molar-refractivity contribution in [3.63, 3.8) is 0 Å². The van der Waals surface area contributed by atoms with Crippen LogP contribution in [0.15, 0.2) is 55.2 Å². The van der Waals surface area contributed by atoms with Crippen molar-refractivity contribution in [3.8, 4) is 5.69 Å². The van der Waals surface area contributed by atoms with Crippen molar-refractivity contribution in [2.45, 2.75) is 25.4 Å². The minimum Gasteiger partial charge on any atom is -0.366 e. The number of amides is 1. The first kappa shape index (κ1) is 16.3. The zero-order valence-electron chi connectivity index (χ0n) is 14.0. The Morgan fingerprint density at radius 3 is 2.81 bits per heavy atom. The number of rotatable bonds is 6. The van der Waals surface area contributed by atoms with Crippen LogP contribution in [0.3, 0.4) is 0 Å². The predicted molar refractivity (Wildman–Crippen MR) is 95.6 cm³/mol. The molecule has 3 aromatic rings. The van der Waals surface area contributed by atoms with Gasteiger partial charge in [0.05, 0.1) is 17.6 Å². The molecule has 0 atom stereocenters. The molecule has 0 unspecified atom stereocenters. The molecule has 0 aliphatic heterocycles. The Labute approximate surface area is 150 Å². The lowest BCUT2D eigenvalue weighted by Crippen LogP contribution is -2.25. The van der Waals surface area contributed by atoms with E-state index in [-0.39, 0.29) is 11.7 Å². The van der Waals surface area contributed by atoms with Gasteiger partial charge in [0, 0.05) is 31.2 Å². The topological polar surface area (TPSA) is 71.8 Å². The fourth-order valence-corrected chi connectivity index (χ4v) is 2.59. The molecule has 6 nitrogen and oxygen atoms in total. The van der Waals surface area contributed by atoms with Crippen LogP contribution in [-0.2, 0) is 6.54 Å². The van der Waals surface area contributed by atoms with Gasteiger partial charge in [0.15, 0.2) is 0 Å². The maximum absolute atomic E-state index is 14.3. The van der Waals surface area contributed by atoms with Gasteiger partial charge in [-0.25, -0.2) is 14.4 Å². The quantitative estimate of drug-likeness (QED) is 0.716. The molecule has 1 aromatic carbocycles. The fraction of sp³-hybridized carbons (Fsp3) is 0.211. The molecule has 0 radical (unpaired) electrons. The average molecular weight is 351 g/mol. The van der Waals surface area contributed by atoms with Crippen LogP contribution in [0, 0.1) is 5.82 Å². The van der Waals surface area contributed by atoms with Gasteiger partial charge in [0.2, 0.25) is 0 Å². The molecule has 1 aliphatic rings. The van der Waals surface area contributed by atoms with Crippen molar-refractivity contribution in [2.24, 2.45) is 0 Å². The summed E-state index contributed by atoms with van der Waals surface area (Å²) in [4.78, 5) is 20.1. The van der Waals surface area contributed by atoms with E-state index in [1.165, 1.54) is 6.07 Å². The van der Waals surface area contributed by atoms with Crippen molar-refractivity contribution in [2.75, 3.05) is 5.32 Å². The highest BCUT2D eigenvalue weighted by Crippen LogP contribution is 2.19. The van der Waals surface area contributed by atoms with Crippen molar-refractivity contribution in [3.05, 3.63) is 72.2 Å². The normalized spacial score (nSPS) is 13.4. The van der Waals surface area contributed by atoms with Gasteiger partial charge in [0.1, 0.15) is 11.6 Å². The van der Waals surface area contributed by atoms with Crippen molar-refractivity contribution >= 4 is 11.7 Å². The van der Waals surface area contributed by atoms with Gasteiger partial charge in [-0.3, -0.25) is 4.79 Å². The van der Waals surface area contributed by atoms with Gasteiger partial charge in [-0.15, -0.1) is 0 Å². The monoisotopic (exact) mass is 351 g/mol. The van der Waals surface area contributed by atoms with Crippen LogP contribution in [0.5, 0.6) is 0 Å². The van der Waals surface area contributed by atoms with Gasteiger partial charge in [-0.2, -0.15) is 0 Å². The number of nitrogens with one attached hydrogen (secondary N) is 2. The largest absolute Gasteiger partial charge is 0.366 e. The van der Waals surface area contributed by atoms with Gasteiger partial charge >= 0.3 is 0 Å². The molecule has 132 valence electrons. The molecular formula is C19H18FN5O. The molecule has 4 rings (SSSR count). The van der Waals surface area contributed by atoms with Crippen LogP contribution >= 0.6 is 0 Å². The second-order valence-corrected chi connectivity index (χ2v) is 6.29. The molecule has 1 amide bonds. The zero-order valence-corrected chi connectivity index (χ0v) is 14.0. The standard InChI is InChI=1S/C19H18FN5O/c20-16-9-13(1-5-17(16)25-8-7-21-12-25)10-22-18-6-2-14(11-23-18)19(26)24-15-3-4-15/h1-2,5-9,11-12,15H,3-4,10H2,(H,22,23)(H,24,26). The molecule has 0 bridgehead atoms. The van der Waals surface area contributed by atoms with E-state index in [1.807, 2.05) is 6.07 Å². The van der Waals surface area contributed by atoms with E-state index in [2.05, 4.69) is 20.6 Å². The highest BCUT2D eigenvalue weighted by atomic mass is 19.1. The molecular weight excluding hydrogens is 333 g/mol. The summed E-state index contributed by atoms with van der Waals surface area (Å²) in [6.07, 6.45) is 8.50. The van der Waals surface area contributed by atoms with Gasteiger partial charge in [-0.1, -0.05) is 6.07 Å². The van der Waals surface area contributed by atoms with Crippen molar-refractivity contribution in [1.29, 1.82) is 0 Å². The second kappa shape index (κ2) is 6.95. The van der Waals surface area contributed by atoms with E-state index < -0.39 is 0 Å². The molecule has 1 fully saturated rings. The van der Waals surface area contributed by atoms with E-state index in [0.29, 0.717) is 29.7 Å². The summed E-state index contributed by atoms with van der Waals surface area (Å²) in [6.45, 7) is 0.432. The van der Waals surface area contributed by atoms with Gasteiger partial charge in [0.25, 0.3) is 5.91 Å². The Morgan fingerprint density at radius 2 is 2.15 bits per heavy atom. The van der Waals surface area contributed by atoms with Crippen LogP contribution in [-0.4, -0.2) is 26.5 Å². The highest BCUT2D eigenvalue weighted by Gasteiger charge is 2.23. The second-order valence-electron chi connectivity index (χ2n) is 6.29. The summed E-state index contributed by atoms with van der Waals surface area (Å²) < 4.78 is 15.9. The number of nitrogens with zero attached hydrogens (tertiary/aromatic N) is 3. The third-order valence-corrected chi connectivity index (χ3v) is 4.21. The van der Waals surface area contributed by atoms with Crippen molar-refractivity contribution in [1.82, 2.24) is 19.9 Å². The first-order valence-electron chi connectivity index (χ1n) is 8.46. The minimum atomic E-state index is -0.317. The Hall–Kier alpha value is -3.22. The number of carbonyl (C=O) groups is 1. The lowest BCUT2D eigenvalue weighted by molar-refractivity contribution is 0.0950. The fourth-order valence-electron chi connectivity index (χ4n) is 2.59. The highest BCUT2D eigenvalue weighted by molar-refractivity contribution is 5.94. The molecule has 1 saturated carbocycles. The molecule has 2 heterocycles. The minimum absolute atomic E-state index is 0.0938. The van der Waals surface area contributed by atoms with Crippen LogP contribution in [0.25, 0.3) is 5.69 Å². The Kier molecular flexibility index (Phi) is 4.35. The number of hydrogen-bond acceptors (Lipinski definition) is 4. The maximum atomic E-state index is 14.3. The van der Waals surface area contributed by atoms with Gasteiger partial charge < -0.3 is 15.2 Å². The molecule has 0 spiro atoms. The van der Waals surface area contributed by atoms with Crippen molar-refractivity contribution < 1.29 is 9.18 Å². The van der Waals surface area contributed by atoms with Crippen LogP contribution in [0.2, 0.25) is 0 Å². The summed E-state index contributed by atoms with van der Waals surface area (Å²) in [5.41, 5.74) is 1.79. The first-order valence-corrected chi connectivity index (χ1v) is 8.46. The number of carbonyl (C=O) groups excluding carboxylic acids is 1. The van der Waals surface area contributed by atoms with E-state index in [9.17, 15) is 9.18 Å². The zero-order chi connectivity index (χ0) is 17.9. The molecule has 0 saturated heterocycles. The number of halogens is 1. The molecule has 2 aromatic heterocycles. The van der Waals surface area contributed by atoms with E-state index in [4.69, 9.17) is 0 Å². The molecule has 26 heavy (non-hydrogen) atoms. The smallest absolute Gasteiger partial charge is 0.253 e. The molecule has 2 N–H and O–H groups in total. The number of pyridine rings is 1. The summed E-state index contributed by atoms with van der Waals surface area (Å²) in [5, 5.41) is 6.06. The molecule has 1 aliphatic carbocycles. The average Bonchev–Trinajstić information content (AvgIpc) is 3.30. The first-order chi connectivity index (χ1) is 12.7. The number of aromatic nitrogens is 3. The third-order valence-electron chi connectivity index (χ3n) is 4.21. The van der Waals surface area contributed by atoms with Gasteiger partial charge in [-0.05, 0) is 42.7 Å². The summed E-state index contributed by atoms with van der Waals surface area (Å²) in [6, 6.07) is 8.85.